The molecule has 0 heterocycles. The van der Waals surface area contributed by atoms with Gasteiger partial charge in [-0.1, -0.05) is 11.6 Å². The standard InChI is InChI=1S/C13H8ClFN2/c14-13-7-12(4-1-9(13)8-16)17-11-5-2-10(15)3-6-11/h1-7,17H. The number of rotatable bonds is 2. The van der Waals surface area contributed by atoms with Gasteiger partial charge in [0.05, 0.1) is 10.6 Å². The van der Waals surface area contributed by atoms with Crippen LogP contribution in [0.15, 0.2) is 42.5 Å². The summed E-state index contributed by atoms with van der Waals surface area (Å²) in [6.45, 7) is 0. The molecular formula is C13H8ClFN2. The molecule has 0 atom stereocenters. The molecule has 2 aromatic carbocycles. The van der Waals surface area contributed by atoms with E-state index in [9.17, 15) is 4.39 Å². The molecule has 4 heteroatoms. The van der Waals surface area contributed by atoms with Crippen molar-refractivity contribution in [3.8, 4) is 6.07 Å². The molecule has 0 spiro atoms. The number of halogens is 2. The van der Waals surface area contributed by atoms with Gasteiger partial charge in [-0.2, -0.15) is 5.26 Å². The fourth-order valence-electron chi connectivity index (χ4n) is 1.38. The minimum Gasteiger partial charge on any atom is -0.355 e. The molecule has 2 nitrogen and oxygen atoms in total. The molecule has 0 amide bonds. The van der Waals surface area contributed by atoms with Crippen LogP contribution < -0.4 is 5.32 Å². The highest BCUT2D eigenvalue weighted by molar-refractivity contribution is 6.32. The molecule has 0 saturated carbocycles. The number of benzene rings is 2. The van der Waals surface area contributed by atoms with E-state index < -0.39 is 0 Å². The van der Waals surface area contributed by atoms with Crippen LogP contribution in [0.25, 0.3) is 0 Å². The van der Waals surface area contributed by atoms with Crippen molar-refractivity contribution < 1.29 is 4.39 Å². The summed E-state index contributed by atoms with van der Waals surface area (Å²) in [5.74, 6) is -0.284. The molecule has 0 unspecified atom stereocenters. The molecular weight excluding hydrogens is 239 g/mol. The predicted octanol–water partition coefficient (Wildman–Crippen LogP) is 4.09. The zero-order valence-electron chi connectivity index (χ0n) is 8.74. The Hall–Kier alpha value is -2.05. The van der Waals surface area contributed by atoms with Gasteiger partial charge in [0.1, 0.15) is 11.9 Å². The van der Waals surface area contributed by atoms with E-state index in [0.29, 0.717) is 10.6 Å². The van der Waals surface area contributed by atoms with Crippen molar-refractivity contribution in [2.45, 2.75) is 0 Å². The van der Waals surface area contributed by atoms with Crippen LogP contribution in [0.1, 0.15) is 5.56 Å². The summed E-state index contributed by atoms with van der Waals surface area (Å²) < 4.78 is 12.7. The Morgan fingerprint density at radius 2 is 1.71 bits per heavy atom. The highest BCUT2D eigenvalue weighted by Crippen LogP contribution is 2.23. The van der Waals surface area contributed by atoms with Crippen LogP contribution in [0.4, 0.5) is 15.8 Å². The summed E-state index contributed by atoms with van der Waals surface area (Å²) in [5, 5.41) is 12.2. The summed E-state index contributed by atoms with van der Waals surface area (Å²) in [4.78, 5) is 0. The second-order valence-corrected chi connectivity index (χ2v) is 3.85. The predicted molar refractivity (Wildman–Crippen MR) is 65.8 cm³/mol. The molecule has 0 aliphatic heterocycles. The minimum absolute atomic E-state index is 0.284. The first-order chi connectivity index (χ1) is 8.19. The average Bonchev–Trinajstić information content (AvgIpc) is 2.32. The Morgan fingerprint density at radius 3 is 2.29 bits per heavy atom. The number of nitriles is 1. The van der Waals surface area contributed by atoms with Gasteiger partial charge in [0.25, 0.3) is 0 Å². The fraction of sp³-hybridized carbons (Fsp3) is 0. The van der Waals surface area contributed by atoms with E-state index in [-0.39, 0.29) is 5.82 Å². The smallest absolute Gasteiger partial charge is 0.123 e. The maximum atomic E-state index is 12.7. The van der Waals surface area contributed by atoms with E-state index >= 15 is 0 Å². The number of nitrogens with zero attached hydrogens (tertiary/aromatic N) is 1. The Kier molecular flexibility index (Phi) is 3.27. The van der Waals surface area contributed by atoms with Gasteiger partial charge in [-0.3, -0.25) is 0 Å². The van der Waals surface area contributed by atoms with Gasteiger partial charge in [-0.15, -0.1) is 0 Å². The lowest BCUT2D eigenvalue weighted by atomic mass is 10.2. The van der Waals surface area contributed by atoms with Gasteiger partial charge in [0, 0.05) is 11.4 Å². The second-order valence-electron chi connectivity index (χ2n) is 3.44. The van der Waals surface area contributed by atoms with Gasteiger partial charge in [-0.25, -0.2) is 4.39 Å². The first-order valence-corrected chi connectivity index (χ1v) is 5.29. The summed E-state index contributed by atoms with van der Waals surface area (Å²) in [7, 11) is 0. The number of hydrogen-bond acceptors (Lipinski definition) is 2. The van der Waals surface area contributed by atoms with Crippen molar-refractivity contribution >= 4 is 23.0 Å². The highest BCUT2D eigenvalue weighted by Gasteiger charge is 2.01. The van der Waals surface area contributed by atoms with E-state index in [2.05, 4.69) is 5.32 Å². The quantitative estimate of drug-likeness (QED) is 0.866. The molecule has 84 valence electrons. The minimum atomic E-state index is -0.284. The summed E-state index contributed by atoms with van der Waals surface area (Å²) in [6, 6.07) is 13.0. The molecule has 0 aliphatic carbocycles. The van der Waals surface area contributed by atoms with Crippen LogP contribution in [-0.2, 0) is 0 Å². The van der Waals surface area contributed by atoms with Crippen LogP contribution in [-0.4, -0.2) is 0 Å². The zero-order chi connectivity index (χ0) is 12.3. The van der Waals surface area contributed by atoms with E-state index in [1.165, 1.54) is 12.1 Å². The van der Waals surface area contributed by atoms with Gasteiger partial charge >= 0.3 is 0 Å². The lowest BCUT2D eigenvalue weighted by molar-refractivity contribution is 0.628. The van der Waals surface area contributed by atoms with Gasteiger partial charge in [0.15, 0.2) is 0 Å². The van der Waals surface area contributed by atoms with E-state index in [4.69, 9.17) is 16.9 Å². The maximum absolute atomic E-state index is 12.7. The Morgan fingerprint density at radius 1 is 1.06 bits per heavy atom. The van der Waals surface area contributed by atoms with E-state index in [0.717, 1.165) is 11.4 Å². The van der Waals surface area contributed by atoms with E-state index in [1.54, 1.807) is 30.3 Å². The van der Waals surface area contributed by atoms with Crippen molar-refractivity contribution in [1.29, 1.82) is 5.26 Å². The maximum Gasteiger partial charge on any atom is 0.123 e. The Balaban J connectivity index is 2.22. The van der Waals surface area contributed by atoms with Crippen LogP contribution in [0.2, 0.25) is 5.02 Å². The van der Waals surface area contributed by atoms with Crippen molar-refractivity contribution in [1.82, 2.24) is 0 Å². The topological polar surface area (TPSA) is 35.8 Å². The Labute approximate surface area is 103 Å². The van der Waals surface area contributed by atoms with Crippen LogP contribution >= 0.6 is 11.6 Å². The molecule has 0 bridgehead atoms. The summed E-state index contributed by atoms with van der Waals surface area (Å²) in [5.41, 5.74) is 1.93. The molecule has 2 aromatic rings. The molecule has 0 aromatic heterocycles. The lowest BCUT2D eigenvalue weighted by Crippen LogP contribution is -1.91. The highest BCUT2D eigenvalue weighted by atomic mass is 35.5. The molecule has 0 saturated heterocycles. The van der Waals surface area contributed by atoms with E-state index in [1.807, 2.05) is 6.07 Å². The fourth-order valence-corrected chi connectivity index (χ4v) is 1.61. The van der Waals surface area contributed by atoms with Crippen molar-refractivity contribution in [3.05, 3.63) is 58.9 Å². The number of anilines is 2. The number of hydrogen-bond donors (Lipinski definition) is 1. The first-order valence-electron chi connectivity index (χ1n) is 4.91. The normalized spacial score (nSPS) is 9.71. The van der Waals surface area contributed by atoms with Gasteiger partial charge < -0.3 is 5.32 Å². The van der Waals surface area contributed by atoms with Gasteiger partial charge in [-0.05, 0) is 42.5 Å². The van der Waals surface area contributed by atoms with Crippen LogP contribution in [0.5, 0.6) is 0 Å². The van der Waals surface area contributed by atoms with Crippen LogP contribution in [0.3, 0.4) is 0 Å². The third-order valence-electron chi connectivity index (χ3n) is 2.22. The van der Waals surface area contributed by atoms with Gasteiger partial charge in [0.2, 0.25) is 0 Å². The molecule has 0 fully saturated rings. The molecule has 2 rings (SSSR count). The lowest BCUT2D eigenvalue weighted by Gasteiger charge is -2.07. The first kappa shape index (κ1) is 11.4. The second kappa shape index (κ2) is 4.86. The summed E-state index contributed by atoms with van der Waals surface area (Å²) in [6.07, 6.45) is 0. The SMILES string of the molecule is N#Cc1ccc(Nc2ccc(F)cc2)cc1Cl. The van der Waals surface area contributed by atoms with Crippen molar-refractivity contribution in [2.75, 3.05) is 5.32 Å². The third kappa shape index (κ3) is 2.74. The van der Waals surface area contributed by atoms with Crippen molar-refractivity contribution in [3.63, 3.8) is 0 Å². The summed E-state index contributed by atoms with van der Waals surface area (Å²) >= 11 is 5.90. The molecule has 0 aliphatic rings. The molecule has 1 N–H and O–H groups in total. The van der Waals surface area contributed by atoms with Crippen LogP contribution in [0, 0.1) is 17.1 Å². The Bertz CT molecular complexity index is 573. The molecule has 0 radical (unpaired) electrons. The average molecular weight is 247 g/mol. The van der Waals surface area contributed by atoms with Crippen molar-refractivity contribution in [2.24, 2.45) is 0 Å². The monoisotopic (exact) mass is 246 g/mol. The zero-order valence-corrected chi connectivity index (χ0v) is 9.50. The molecule has 17 heavy (non-hydrogen) atoms. The number of nitrogens with one attached hydrogen (secondary N) is 1. The third-order valence-corrected chi connectivity index (χ3v) is 2.54. The largest absolute Gasteiger partial charge is 0.355 e.